The first-order valence-corrected chi connectivity index (χ1v) is 11.5. The van der Waals surface area contributed by atoms with Crippen LogP contribution in [0.15, 0.2) is 60.8 Å². The Hall–Kier alpha value is -4.07. The molecule has 0 unspecified atom stereocenters. The van der Waals surface area contributed by atoms with Gasteiger partial charge in [0.15, 0.2) is 11.5 Å². The van der Waals surface area contributed by atoms with E-state index in [4.69, 9.17) is 19.3 Å². The molecular weight excluding hydrogens is 446 g/mol. The molecule has 1 aliphatic rings. The molecule has 1 saturated carbocycles. The summed E-state index contributed by atoms with van der Waals surface area (Å²) in [5.41, 5.74) is 2.13. The van der Waals surface area contributed by atoms with E-state index in [1.807, 2.05) is 54.7 Å². The van der Waals surface area contributed by atoms with E-state index in [-0.39, 0.29) is 5.91 Å². The van der Waals surface area contributed by atoms with E-state index < -0.39 is 11.5 Å². The number of carbonyl (C=O) groups excluding carboxylic acids is 2. The van der Waals surface area contributed by atoms with Gasteiger partial charge in [0.1, 0.15) is 11.2 Å². The summed E-state index contributed by atoms with van der Waals surface area (Å²) >= 11 is 0. The maximum Gasteiger partial charge on any atom is 0.331 e. The van der Waals surface area contributed by atoms with E-state index in [0.717, 1.165) is 29.7 Å². The Morgan fingerprint density at radius 1 is 1.00 bits per heavy atom. The molecule has 8 heteroatoms. The van der Waals surface area contributed by atoms with E-state index in [1.54, 1.807) is 25.0 Å². The summed E-state index contributed by atoms with van der Waals surface area (Å²) in [4.78, 5) is 25.2. The van der Waals surface area contributed by atoms with Crippen molar-refractivity contribution in [3.05, 3.63) is 66.4 Å². The number of rotatable bonds is 8. The number of ether oxygens (including phenoxy) is 3. The molecule has 1 N–H and O–H groups in total. The normalized spacial score (nSPS) is 14.6. The molecule has 8 nitrogen and oxygen atoms in total. The molecule has 35 heavy (non-hydrogen) atoms. The Bertz CT molecular complexity index is 1230. The highest BCUT2D eigenvalue weighted by molar-refractivity contribution is 5.97. The zero-order valence-corrected chi connectivity index (χ0v) is 20.1. The van der Waals surface area contributed by atoms with Crippen LogP contribution in [0.5, 0.6) is 11.5 Å². The van der Waals surface area contributed by atoms with Gasteiger partial charge < -0.3 is 19.5 Å². The molecule has 0 bridgehead atoms. The number of aromatic nitrogens is 2. The van der Waals surface area contributed by atoms with Crippen molar-refractivity contribution in [3.8, 4) is 28.4 Å². The molecule has 0 atom stereocenters. The standard InChI is InChI=1S/C27H29N3O5/c1-33-22-13-11-19(17-23(22)34-2)25-20(18-30(29-25)21-9-5-4-6-10-21)12-14-24(31)28-27(26(32)35-3)15-7-8-16-27/h4-6,9-14,17-18H,7-8,15-16H2,1-3H3,(H,28,31). The summed E-state index contributed by atoms with van der Waals surface area (Å²) in [6, 6.07) is 15.3. The Balaban J connectivity index is 1.68. The number of para-hydroxylation sites is 1. The molecule has 3 aromatic rings. The predicted octanol–water partition coefficient (Wildman–Crippen LogP) is 4.17. The van der Waals surface area contributed by atoms with Crippen molar-refractivity contribution >= 4 is 18.0 Å². The summed E-state index contributed by atoms with van der Waals surface area (Å²) < 4.78 is 17.5. The SMILES string of the molecule is COC(=O)C1(NC(=O)C=Cc2cn(-c3ccccc3)nc2-c2ccc(OC)c(OC)c2)CCCC1. The number of benzene rings is 2. The van der Waals surface area contributed by atoms with Crippen LogP contribution in [-0.4, -0.2) is 48.5 Å². The van der Waals surface area contributed by atoms with E-state index in [9.17, 15) is 9.59 Å². The first-order valence-electron chi connectivity index (χ1n) is 11.5. The fourth-order valence-electron chi connectivity index (χ4n) is 4.43. The van der Waals surface area contributed by atoms with Crippen molar-refractivity contribution < 1.29 is 23.8 Å². The van der Waals surface area contributed by atoms with Crippen LogP contribution in [0.25, 0.3) is 23.0 Å². The van der Waals surface area contributed by atoms with Crippen LogP contribution in [0.3, 0.4) is 0 Å². The number of methoxy groups -OCH3 is 3. The van der Waals surface area contributed by atoms with Gasteiger partial charge in [-0.25, -0.2) is 9.48 Å². The van der Waals surface area contributed by atoms with Gasteiger partial charge in [-0.05, 0) is 49.2 Å². The summed E-state index contributed by atoms with van der Waals surface area (Å²) in [6.45, 7) is 0. The first kappa shape index (κ1) is 24.1. The van der Waals surface area contributed by atoms with Crippen LogP contribution in [0.4, 0.5) is 0 Å². The molecule has 1 amide bonds. The second kappa shape index (κ2) is 10.5. The van der Waals surface area contributed by atoms with Gasteiger partial charge in [0, 0.05) is 23.4 Å². The smallest absolute Gasteiger partial charge is 0.331 e. The van der Waals surface area contributed by atoms with Gasteiger partial charge in [0.25, 0.3) is 0 Å². The van der Waals surface area contributed by atoms with Crippen LogP contribution >= 0.6 is 0 Å². The lowest BCUT2D eigenvalue weighted by Gasteiger charge is -2.26. The molecule has 2 aromatic carbocycles. The molecule has 182 valence electrons. The van der Waals surface area contributed by atoms with Gasteiger partial charge in [-0.1, -0.05) is 31.0 Å². The molecule has 0 radical (unpaired) electrons. The van der Waals surface area contributed by atoms with Gasteiger partial charge in [-0.2, -0.15) is 5.10 Å². The number of esters is 1. The minimum atomic E-state index is -0.962. The maximum atomic E-state index is 12.8. The lowest BCUT2D eigenvalue weighted by molar-refractivity contribution is -0.150. The average molecular weight is 476 g/mol. The van der Waals surface area contributed by atoms with Gasteiger partial charge in [0.2, 0.25) is 5.91 Å². The fraction of sp³-hybridized carbons (Fsp3) is 0.296. The van der Waals surface area contributed by atoms with Gasteiger partial charge in [0.05, 0.1) is 27.0 Å². The number of carbonyl (C=O) groups is 2. The predicted molar refractivity (Wildman–Crippen MR) is 132 cm³/mol. The van der Waals surface area contributed by atoms with Crippen LogP contribution in [0.1, 0.15) is 31.2 Å². The Morgan fingerprint density at radius 3 is 2.37 bits per heavy atom. The van der Waals surface area contributed by atoms with Gasteiger partial charge in [-0.3, -0.25) is 4.79 Å². The third kappa shape index (κ3) is 5.06. The second-order valence-electron chi connectivity index (χ2n) is 8.39. The second-order valence-corrected chi connectivity index (χ2v) is 8.39. The zero-order chi connectivity index (χ0) is 24.8. The average Bonchev–Trinajstić information content (AvgIpc) is 3.55. The zero-order valence-electron chi connectivity index (χ0n) is 20.1. The first-order chi connectivity index (χ1) is 17.0. The quantitative estimate of drug-likeness (QED) is 0.388. The lowest BCUT2D eigenvalue weighted by Crippen LogP contribution is -2.52. The third-order valence-electron chi connectivity index (χ3n) is 6.23. The van der Waals surface area contributed by atoms with E-state index in [2.05, 4.69) is 5.32 Å². The van der Waals surface area contributed by atoms with Crippen molar-refractivity contribution in [2.45, 2.75) is 31.2 Å². The summed E-state index contributed by atoms with van der Waals surface area (Å²) in [5, 5.41) is 7.66. The molecule has 0 saturated heterocycles. The van der Waals surface area contributed by atoms with Crippen LogP contribution < -0.4 is 14.8 Å². The van der Waals surface area contributed by atoms with Crippen molar-refractivity contribution in [1.29, 1.82) is 0 Å². The summed E-state index contributed by atoms with van der Waals surface area (Å²) in [6.07, 6.45) is 7.87. The Labute approximate surface area is 204 Å². The maximum absolute atomic E-state index is 12.8. The largest absolute Gasteiger partial charge is 0.493 e. The van der Waals surface area contributed by atoms with E-state index in [0.29, 0.717) is 30.0 Å². The van der Waals surface area contributed by atoms with Gasteiger partial charge >= 0.3 is 5.97 Å². The van der Waals surface area contributed by atoms with E-state index in [1.165, 1.54) is 13.2 Å². The minimum Gasteiger partial charge on any atom is -0.493 e. The fourth-order valence-corrected chi connectivity index (χ4v) is 4.43. The monoisotopic (exact) mass is 475 g/mol. The number of hydrogen-bond donors (Lipinski definition) is 1. The molecule has 1 heterocycles. The van der Waals surface area contributed by atoms with E-state index >= 15 is 0 Å². The molecule has 1 aromatic heterocycles. The van der Waals surface area contributed by atoms with Crippen molar-refractivity contribution in [1.82, 2.24) is 15.1 Å². The third-order valence-corrected chi connectivity index (χ3v) is 6.23. The molecule has 1 fully saturated rings. The number of amides is 1. The molecule has 0 aliphatic heterocycles. The molecular formula is C27H29N3O5. The van der Waals surface area contributed by atoms with Crippen molar-refractivity contribution in [2.24, 2.45) is 0 Å². The minimum absolute atomic E-state index is 0.358. The lowest BCUT2D eigenvalue weighted by atomic mass is 9.97. The number of nitrogens with one attached hydrogen (secondary N) is 1. The highest BCUT2D eigenvalue weighted by Gasteiger charge is 2.43. The number of nitrogens with zero attached hydrogens (tertiary/aromatic N) is 2. The highest BCUT2D eigenvalue weighted by Crippen LogP contribution is 2.34. The topological polar surface area (TPSA) is 91.7 Å². The highest BCUT2D eigenvalue weighted by atomic mass is 16.5. The molecule has 0 spiro atoms. The molecule has 4 rings (SSSR count). The number of hydrogen-bond acceptors (Lipinski definition) is 6. The summed E-state index contributed by atoms with van der Waals surface area (Å²) in [5.74, 6) is 0.427. The Morgan fingerprint density at radius 2 is 1.71 bits per heavy atom. The van der Waals surface area contributed by atoms with Gasteiger partial charge in [-0.15, -0.1) is 0 Å². The van der Waals surface area contributed by atoms with Crippen LogP contribution in [0.2, 0.25) is 0 Å². The van der Waals surface area contributed by atoms with Crippen molar-refractivity contribution in [3.63, 3.8) is 0 Å². The Kier molecular flexibility index (Phi) is 7.19. The van der Waals surface area contributed by atoms with Crippen LogP contribution in [-0.2, 0) is 14.3 Å². The molecule has 1 aliphatic carbocycles. The van der Waals surface area contributed by atoms with Crippen LogP contribution in [0, 0.1) is 0 Å². The van der Waals surface area contributed by atoms with Crippen molar-refractivity contribution in [2.75, 3.05) is 21.3 Å². The summed E-state index contributed by atoms with van der Waals surface area (Å²) in [7, 11) is 4.51.